The Morgan fingerprint density at radius 1 is 0.842 bits per heavy atom. The summed E-state index contributed by atoms with van der Waals surface area (Å²) in [5.74, 6) is 2.31. The van der Waals surface area contributed by atoms with E-state index in [9.17, 15) is 0 Å². The third-order valence-corrected chi connectivity index (χ3v) is 7.00. The Labute approximate surface area is 120 Å². The van der Waals surface area contributed by atoms with Crippen molar-refractivity contribution in [2.24, 2.45) is 0 Å². The Morgan fingerprint density at radius 2 is 1.26 bits per heavy atom. The van der Waals surface area contributed by atoms with Gasteiger partial charge in [0.1, 0.15) is 0 Å². The van der Waals surface area contributed by atoms with Crippen LogP contribution in [0.1, 0.15) is 27.7 Å². The molecule has 0 bridgehead atoms. The summed E-state index contributed by atoms with van der Waals surface area (Å²) in [6, 6.07) is 0. The van der Waals surface area contributed by atoms with E-state index in [2.05, 4.69) is 67.5 Å². The summed E-state index contributed by atoms with van der Waals surface area (Å²) in [7, 11) is 2.48. The van der Waals surface area contributed by atoms with Gasteiger partial charge in [-0.2, -0.15) is 0 Å². The quantitative estimate of drug-likeness (QED) is 0.474. The monoisotopic (exact) mass is 285 g/mol. The topological polar surface area (TPSA) is 9.72 Å². The predicted octanol–water partition coefficient (Wildman–Crippen LogP) is 3.54. The Hall–Kier alpha value is -0.500. The maximum Gasteiger partial charge on any atom is 0.0301 e. The fourth-order valence-electron chi connectivity index (χ4n) is 2.20. The first-order valence-electron chi connectivity index (χ1n) is 7.22. The standard InChI is InChI=1S/C15H32N3P/c1-8-17(9-2)19(7,18(10-3)11-4)15-13-12-14-16(5)6/h12-15H,7-11H2,1-6H3/b14-12+,15-13+. The van der Waals surface area contributed by atoms with E-state index in [1.165, 1.54) is 0 Å². The van der Waals surface area contributed by atoms with E-state index in [1.54, 1.807) is 0 Å². The highest BCUT2D eigenvalue weighted by molar-refractivity contribution is 7.72. The van der Waals surface area contributed by atoms with Gasteiger partial charge in [0.25, 0.3) is 0 Å². The van der Waals surface area contributed by atoms with E-state index in [0.29, 0.717) is 0 Å². The molecule has 3 nitrogen and oxygen atoms in total. The van der Waals surface area contributed by atoms with E-state index in [1.807, 2.05) is 19.0 Å². The second-order valence-corrected chi connectivity index (χ2v) is 7.71. The molecule has 0 heterocycles. The molecule has 0 unspecified atom stereocenters. The lowest BCUT2D eigenvalue weighted by Gasteiger charge is -2.41. The lowest BCUT2D eigenvalue weighted by molar-refractivity contribution is 0.426. The molecule has 0 N–H and O–H groups in total. The van der Waals surface area contributed by atoms with Crippen LogP contribution in [0.4, 0.5) is 0 Å². The Kier molecular flexibility index (Phi) is 9.16. The van der Waals surface area contributed by atoms with Gasteiger partial charge in [0.15, 0.2) is 0 Å². The van der Waals surface area contributed by atoms with Crippen LogP contribution < -0.4 is 0 Å². The van der Waals surface area contributed by atoms with Crippen LogP contribution >= 0.6 is 7.19 Å². The van der Waals surface area contributed by atoms with Crippen LogP contribution in [0, 0.1) is 0 Å². The smallest absolute Gasteiger partial charge is 0.0301 e. The first-order valence-corrected chi connectivity index (χ1v) is 9.17. The van der Waals surface area contributed by atoms with Gasteiger partial charge in [-0.1, -0.05) is 40.1 Å². The van der Waals surface area contributed by atoms with Crippen molar-refractivity contribution in [1.82, 2.24) is 14.2 Å². The lowest BCUT2D eigenvalue weighted by atomic mass is 10.6. The van der Waals surface area contributed by atoms with Crippen LogP contribution in [-0.2, 0) is 0 Å². The Bertz CT molecular complexity index is 310. The van der Waals surface area contributed by atoms with E-state index in [0.717, 1.165) is 26.2 Å². The van der Waals surface area contributed by atoms with Crippen LogP contribution in [-0.4, -0.2) is 60.8 Å². The largest absolute Gasteiger partial charge is 0.383 e. The van der Waals surface area contributed by atoms with E-state index in [4.69, 9.17) is 0 Å². The highest BCUT2D eigenvalue weighted by Crippen LogP contribution is 2.53. The zero-order valence-electron chi connectivity index (χ0n) is 13.6. The highest BCUT2D eigenvalue weighted by atomic mass is 31.2. The molecule has 0 saturated carbocycles. The normalized spacial score (nSPS) is 13.3. The van der Waals surface area contributed by atoms with Crippen LogP contribution in [0.2, 0.25) is 0 Å². The molecule has 0 rings (SSSR count). The van der Waals surface area contributed by atoms with Gasteiger partial charge in [-0.3, -0.25) is 9.34 Å². The maximum absolute atomic E-state index is 4.60. The fraction of sp³-hybridized carbons (Fsp3) is 0.667. The van der Waals surface area contributed by atoms with E-state index < -0.39 is 7.19 Å². The summed E-state index contributed by atoms with van der Waals surface area (Å²) >= 11 is 0. The average molecular weight is 285 g/mol. The Balaban J connectivity index is 5.22. The van der Waals surface area contributed by atoms with Crippen molar-refractivity contribution in [3.63, 3.8) is 0 Å². The molecule has 4 heteroatoms. The molecule has 112 valence electrons. The molecule has 0 aliphatic rings. The van der Waals surface area contributed by atoms with Gasteiger partial charge in [-0.25, -0.2) is 0 Å². The van der Waals surface area contributed by atoms with Crippen molar-refractivity contribution >= 4 is 13.5 Å². The number of allylic oxidation sites excluding steroid dienone is 2. The molecule has 0 fully saturated rings. The zero-order chi connectivity index (χ0) is 14.9. The molecule has 0 saturated heterocycles. The van der Waals surface area contributed by atoms with E-state index in [-0.39, 0.29) is 0 Å². The van der Waals surface area contributed by atoms with Crippen LogP contribution in [0.15, 0.2) is 24.2 Å². The summed E-state index contributed by atoms with van der Waals surface area (Å²) in [5.41, 5.74) is 0. The second-order valence-electron chi connectivity index (χ2n) is 4.71. The number of hydrogen-bond acceptors (Lipinski definition) is 3. The summed E-state index contributed by atoms with van der Waals surface area (Å²) < 4.78 is 5.00. The van der Waals surface area contributed by atoms with Gasteiger partial charge in [0.2, 0.25) is 0 Å². The average Bonchev–Trinajstić information content (AvgIpc) is 2.37. The van der Waals surface area contributed by atoms with Gasteiger partial charge in [0, 0.05) is 47.5 Å². The van der Waals surface area contributed by atoms with Crippen LogP contribution in [0.3, 0.4) is 0 Å². The van der Waals surface area contributed by atoms with Gasteiger partial charge in [0.05, 0.1) is 0 Å². The first-order chi connectivity index (χ1) is 8.96. The number of hydrogen-bond donors (Lipinski definition) is 0. The molecule has 0 aromatic rings. The molecule has 0 spiro atoms. The summed E-state index contributed by atoms with van der Waals surface area (Å²) in [6.45, 7) is 13.1. The molecule has 0 atom stereocenters. The summed E-state index contributed by atoms with van der Waals surface area (Å²) in [5, 5.41) is 0. The second kappa shape index (κ2) is 9.41. The third kappa shape index (κ3) is 5.56. The van der Waals surface area contributed by atoms with Crippen molar-refractivity contribution in [2.75, 3.05) is 40.3 Å². The van der Waals surface area contributed by atoms with Gasteiger partial charge in [-0.05, 0) is 18.1 Å². The summed E-state index contributed by atoms with van der Waals surface area (Å²) in [4.78, 5) is 2.04. The minimum Gasteiger partial charge on any atom is -0.383 e. The van der Waals surface area contributed by atoms with Crippen LogP contribution in [0.5, 0.6) is 0 Å². The minimum absolute atomic E-state index is 1.05. The van der Waals surface area contributed by atoms with Crippen molar-refractivity contribution in [3.05, 3.63) is 24.2 Å². The zero-order valence-corrected chi connectivity index (χ0v) is 14.5. The van der Waals surface area contributed by atoms with Crippen molar-refractivity contribution in [1.29, 1.82) is 0 Å². The summed E-state index contributed by atoms with van der Waals surface area (Å²) in [6.07, 6.45) is 10.9. The molecule has 0 aliphatic heterocycles. The minimum atomic E-state index is -1.58. The van der Waals surface area contributed by atoms with Crippen molar-refractivity contribution < 1.29 is 0 Å². The number of nitrogens with zero attached hydrogens (tertiary/aromatic N) is 3. The van der Waals surface area contributed by atoms with E-state index >= 15 is 0 Å². The Morgan fingerprint density at radius 3 is 1.58 bits per heavy atom. The fourth-order valence-corrected chi connectivity index (χ4v) is 5.27. The predicted molar refractivity (Wildman–Crippen MR) is 91.9 cm³/mol. The molecule has 0 aromatic heterocycles. The van der Waals surface area contributed by atoms with Gasteiger partial charge < -0.3 is 4.90 Å². The molecule has 0 amide bonds. The van der Waals surface area contributed by atoms with Crippen LogP contribution in [0.25, 0.3) is 0 Å². The first kappa shape index (κ1) is 18.5. The molecule has 0 radical (unpaired) electrons. The third-order valence-electron chi connectivity index (χ3n) is 3.26. The van der Waals surface area contributed by atoms with Crippen molar-refractivity contribution in [3.8, 4) is 0 Å². The maximum atomic E-state index is 4.60. The van der Waals surface area contributed by atoms with Gasteiger partial charge in [-0.15, -0.1) is 0 Å². The molecular weight excluding hydrogens is 253 g/mol. The lowest BCUT2D eigenvalue weighted by Crippen LogP contribution is -2.31. The highest BCUT2D eigenvalue weighted by Gasteiger charge is 2.23. The SMILES string of the molecule is C=P(/C=C/C=C/N(C)C)(N(CC)CC)N(CC)CC. The van der Waals surface area contributed by atoms with Gasteiger partial charge >= 0.3 is 0 Å². The molecule has 0 aromatic carbocycles. The molecule has 19 heavy (non-hydrogen) atoms. The molecule has 0 aliphatic carbocycles. The number of rotatable bonds is 9. The van der Waals surface area contributed by atoms with Crippen molar-refractivity contribution in [2.45, 2.75) is 27.7 Å². The molecular formula is C15H32N3P.